The van der Waals surface area contributed by atoms with Crippen molar-refractivity contribution in [3.8, 4) is 0 Å². The number of amides is 2. The Morgan fingerprint density at radius 3 is 2.31 bits per heavy atom. The van der Waals surface area contributed by atoms with E-state index >= 15 is 0 Å². The Hall–Kier alpha value is -2.69. The minimum absolute atomic E-state index is 0.160. The molecule has 0 spiro atoms. The Labute approximate surface area is 187 Å². The average Bonchev–Trinajstić information content (AvgIpc) is 2.76. The van der Waals surface area contributed by atoms with E-state index in [0.717, 1.165) is 25.2 Å². The molecule has 0 aromatic heterocycles. The molecule has 3 rings (SSSR count). The first-order chi connectivity index (χ1) is 15.4. The number of ether oxygens (including phenoxy) is 2. The van der Waals surface area contributed by atoms with Crippen LogP contribution in [0.25, 0.3) is 0 Å². The van der Waals surface area contributed by atoms with Crippen molar-refractivity contribution >= 4 is 23.5 Å². The molecule has 10 nitrogen and oxygen atoms in total. The summed E-state index contributed by atoms with van der Waals surface area (Å²) in [4.78, 5) is 41.3. The topological polar surface area (TPSA) is 120 Å². The number of aliphatic hydroxyl groups excluding tert-OH is 1. The van der Waals surface area contributed by atoms with Gasteiger partial charge in [-0.3, -0.25) is 14.5 Å². The lowest BCUT2D eigenvalue weighted by molar-refractivity contribution is -0.148. The van der Waals surface area contributed by atoms with E-state index < -0.39 is 30.1 Å². The minimum Gasteiger partial charge on any atom is -0.467 e. The van der Waals surface area contributed by atoms with E-state index in [2.05, 4.69) is 15.5 Å². The van der Waals surface area contributed by atoms with Crippen molar-refractivity contribution in [2.75, 3.05) is 57.9 Å². The highest BCUT2D eigenvalue weighted by atomic mass is 16.5. The second-order valence-electron chi connectivity index (χ2n) is 8.06. The zero-order chi connectivity index (χ0) is 23.1. The Morgan fingerprint density at radius 2 is 1.75 bits per heavy atom. The summed E-state index contributed by atoms with van der Waals surface area (Å²) in [5.41, 5.74) is 1.52. The molecule has 0 saturated carbocycles. The number of anilines is 1. The summed E-state index contributed by atoms with van der Waals surface area (Å²) in [5, 5.41) is 15.9. The van der Waals surface area contributed by atoms with Crippen LogP contribution in [0.5, 0.6) is 0 Å². The van der Waals surface area contributed by atoms with Crippen molar-refractivity contribution in [2.24, 2.45) is 0 Å². The molecule has 1 aromatic carbocycles. The Kier molecular flexibility index (Phi) is 8.43. The maximum atomic E-state index is 12.6. The summed E-state index contributed by atoms with van der Waals surface area (Å²) in [5.74, 6) is -1.66. The Morgan fingerprint density at radius 1 is 1.09 bits per heavy atom. The van der Waals surface area contributed by atoms with Gasteiger partial charge in [-0.2, -0.15) is 0 Å². The van der Waals surface area contributed by atoms with Crippen LogP contribution in [0.1, 0.15) is 25.0 Å². The molecular weight excluding hydrogens is 416 g/mol. The summed E-state index contributed by atoms with van der Waals surface area (Å²) < 4.78 is 10.0. The number of aliphatic hydroxyl groups is 1. The first kappa shape index (κ1) is 24.0. The second kappa shape index (κ2) is 11.3. The summed E-state index contributed by atoms with van der Waals surface area (Å²) in [6.07, 6.45) is -0.143. The van der Waals surface area contributed by atoms with Gasteiger partial charge in [0.05, 0.1) is 26.9 Å². The normalized spacial score (nSPS) is 19.3. The van der Waals surface area contributed by atoms with E-state index in [4.69, 9.17) is 9.47 Å². The van der Waals surface area contributed by atoms with Crippen molar-refractivity contribution in [2.45, 2.75) is 31.5 Å². The maximum absolute atomic E-state index is 12.6. The van der Waals surface area contributed by atoms with Crippen LogP contribution >= 0.6 is 0 Å². The number of nitrogens with zero attached hydrogens (tertiary/aromatic N) is 2. The van der Waals surface area contributed by atoms with Gasteiger partial charge in [0, 0.05) is 31.9 Å². The zero-order valence-electron chi connectivity index (χ0n) is 18.6. The van der Waals surface area contributed by atoms with Gasteiger partial charge in [0.1, 0.15) is 12.1 Å². The summed E-state index contributed by atoms with van der Waals surface area (Å²) in [6.45, 7) is 6.13. The number of hydrogen-bond acceptors (Lipinski definition) is 8. The van der Waals surface area contributed by atoms with Gasteiger partial charge >= 0.3 is 5.97 Å². The highest BCUT2D eigenvalue weighted by Gasteiger charge is 2.32. The molecule has 2 fully saturated rings. The zero-order valence-corrected chi connectivity index (χ0v) is 18.6. The molecular formula is C22H32N4O6. The highest BCUT2D eigenvalue weighted by molar-refractivity contribution is 5.91. The van der Waals surface area contributed by atoms with Gasteiger partial charge in [-0.05, 0) is 31.0 Å². The van der Waals surface area contributed by atoms with Crippen molar-refractivity contribution in [1.29, 1.82) is 0 Å². The fraction of sp³-hybridized carbons (Fsp3) is 0.591. The van der Waals surface area contributed by atoms with Crippen molar-refractivity contribution in [3.63, 3.8) is 0 Å². The van der Waals surface area contributed by atoms with Crippen LogP contribution in [0.2, 0.25) is 0 Å². The van der Waals surface area contributed by atoms with Crippen molar-refractivity contribution in [1.82, 2.24) is 15.5 Å². The van der Waals surface area contributed by atoms with Crippen LogP contribution in [-0.4, -0.2) is 92.9 Å². The van der Waals surface area contributed by atoms with E-state index in [-0.39, 0.29) is 12.5 Å². The van der Waals surface area contributed by atoms with Gasteiger partial charge in [0.15, 0.2) is 6.04 Å². The fourth-order valence-electron chi connectivity index (χ4n) is 3.64. The Balaban J connectivity index is 1.57. The van der Waals surface area contributed by atoms with Crippen molar-refractivity contribution in [3.05, 3.63) is 29.8 Å². The van der Waals surface area contributed by atoms with Gasteiger partial charge in [-0.1, -0.05) is 12.1 Å². The molecule has 0 radical (unpaired) electrons. The number of hydrogen-bond donors (Lipinski definition) is 3. The Bertz CT molecular complexity index is 792. The maximum Gasteiger partial charge on any atom is 0.331 e. The monoisotopic (exact) mass is 448 g/mol. The number of methoxy groups -OCH3 is 1. The molecule has 0 aliphatic carbocycles. The quantitative estimate of drug-likeness (QED) is 0.430. The lowest BCUT2D eigenvalue weighted by Crippen LogP contribution is -2.54. The van der Waals surface area contributed by atoms with Gasteiger partial charge in [0.25, 0.3) is 0 Å². The molecule has 2 heterocycles. The molecule has 2 amide bonds. The van der Waals surface area contributed by atoms with E-state index in [1.165, 1.54) is 14.0 Å². The third-order valence-corrected chi connectivity index (χ3v) is 5.77. The number of benzene rings is 1. The lowest BCUT2D eigenvalue weighted by atomic mass is 10.0. The first-order valence-electron chi connectivity index (χ1n) is 10.9. The predicted molar refractivity (Wildman–Crippen MR) is 117 cm³/mol. The molecule has 2 aliphatic rings. The predicted octanol–water partition coefficient (Wildman–Crippen LogP) is -0.575. The molecule has 176 valence electrons. The molecule has 1 aromatic rings. The molecule has 2 saturated heterocycles. The van der Waals surface area contributed by atoms with Crippen LogP contribution in [0.4, 0.5) is 5.69 Å². The fourth-order valence-corrected chi connectivity index (χ4v) is 3.64. The molecule has 10 heteroatoms. The van der Waals surface area contributed by atoms with Crippen molar-refractivity contribution < 1.29 is 29.0 Å². The van der Waals surface area contributed by atoms with Crippen LogP contribution in [0, 0.1) is 0 Å². The van der Waals surface area contributed by atoms with Crippen LogP contribution < -0.4 is 15.5 Å². The number of carbonyl (C=O) groups excluding carboxylic acids is 3. The van der Waals surface area contributed by atoms with Crippen LogP contribution in [0.3, 0.4) is 0 Å². The summed E-state index contributed by atoms with van der Waals surface area (Å²) in [6, 6.07) is 5.02. The SMILES string of the molecule is COC(=O)[C@@H](NC(=O)[C@H](C)NC(=O)CN1CCOCC1)[C@H](O)c1ccc(N2CCC2)cc1. The third kappa shape index (κ3) is 6.18. The molecule has 3 N–H and O–H groups in total. The molecule has 0 bridgehead atoms. The van der Waals surface area contributed by atoms with E-state index in [1.807, 2.05) is 17.0 Å². The largest absolute Gasteiger partial charge is 0.467 e. The average molecular weight is 449 g/mol. The summed E-state index contributed by atoms with van der Waals surface area (Å²) >= 11 is 0. The van der Waals surface area contributed by atoms with Crippen LogP contribution in [-0.2, 0) is 23.9 Å². The van der Waals surface area contributed by atoms with E-state index in [1.54, 1.807) is 12.1 Å². The van der Waals surface area contributed by atoms with Gasteiger partial charge in [-0.15, -0.1) is 0 Å². The standard InChI is InChI=1S/C22H32N4O6/c1-15(23-18(27)14-25-10-12-32-13-11-25)21(29)24-19(22(30)31-2)20(28)16-4-6-17(7-5-16)26-8-3-9-26/h4-7,15,19-20,28H,3,8-14H2,1-2H3,(H,23,27)(H,24,29)/t15-,19-,20+/m0/s1. The number of morpholine rings is 1. The molecule has 2 aliphatic heterocycles. The molecule has 0 unspecified atom stereocenters. The van der Waals surface area contributed by atoms with Gasteiger partial charge < -0.3 is 30.1 Å². The van der Waals surface area contributed by atoms with Gasteiger partial charge in [0.2, 0.25) is 11.8 Å². The number of nitrogens with one attached hydrogen (secondary N) is 2. The molecule has 3 atom stereocenters. The lowest BCUT2D eigenvalue weighted by Gasteiger charge is -2.33. The van der Waals surface area contributed by atoms with E-state index in [0.29, 0.717) is 31.9 Å². The minimum atomic E-state index is -1.30. The first-order valence-corrected chi connectivity index (χ1v) is 10.9. The number of rotatable bonds is 9. The van der Waals surface area contributed by atoms with Gasteiger partial charge in [-0.25, -0.2) is 4.79 Å². The smallest absolute Gasteiger partial charge is 0.331 e. The molecule has 32 heavy (non-hydrogen) atoms. The second-order valence-corrected chi connectivity index (χ2v) is 8.06. The number of esters is 1. The van der Waals surface area contributed by atoms with E-state index in [9.17, 15) is 19.5 Å². The summed E-state index contributed by atoms with van der Waals surface area (Å²) in [7, 11) is 1.19. The highest BCUT2D eigenvalue weighted by Crippen LogP contribution is 2.24. The third-order valence-electron chi connectivity index (χ3n) is 5.77. The number of carbonyl (C=O) groups is 3. The van der Waals surface area contributed by atoms with Crippen LogP contribution in [0.15, 0.2) is 24.3 Å².